The minimum Gasteiger partial charge on any atom is -0.480 e. The fourth-order valence-electron chi connectivity index (χ4n) is 3.14. The second-order valence-corrected chi connectivity index (χ2v) is 9.96. The molecule has 1 fully saturated rings. The van der Waals surface area contributed by atoms with Crippen molar-refractivity contribution in [2.75, 3.05) is 30.1 Å². The number of hydrogen-bond donors (Lipinski definition) is 4. The molecule has 14 nitrogen and oxygen atoms in total. The fraction of sp³-hybridized carbons (Fsp3) is 0.562. The van der Waals surface area contributed by atoms with Crippen LogP contribution in [0.1, 0.15) is 0 Å². The molecule has 2 amide bonds. The molecule has 3 atom stereocenters. The van der Waals surface area contributed by atoms with Gasteiger partial charge in [0, 0.05) is 61.0 Å². The second-order valence-electron chi connectivity index (χ2n) is 6.92. The number of methoxy groups -OCH3 is 1. The van der Waals surface area contributed by atoms with Crippen LogP contribution in [-0.4, -0.2) is 136 Å². The third kappa shape index (κ3) is 5.72. The summed E-state index contributed by atoms with van der Waals surface area (Å²) < 4.78 is 6.82. The normalized spacial score (nSPS) is 22.4. The first kappa shape index (κ1) is 28.9. The summed E-state index contributed by atoms with van der Waals surface area (Å²) in [5, 5.41) is 31.9. The van der Waals surface area contributed by atoms with Gasteiger partial charge in [-0.05, 0) is 16.0 Å². The first-order valence-electron chi connectivity index (χ1n) is 9.30. The van der Waals surface area contributed by atoms with Crippen LogP contribution in [0.4, 0.5) is 0 Å². The molecule has 3 heterocycles. The topological polar surface area (TPSA) is 203 Å². The van der Waals surface area contributed by atoms with Crippen LogP contribution in [0.3, 0.4) is 0 Å². The minimum atomic E-state index is -1.72. The van der Waals surface area contributed by atoms with Crippen LogP contribution in [0.2, 0.25) is 0 Å². The van der Waals surface area contributed by atoms with Crippen molar-refractivity contribution in [3.05, 3.63) is 11.3 Å². The van der Waals surface area contributed by atoms with E-state index in [-0.39, 0.29) is 58.3 Å². The average Bonchev–Trinajstić information content (AvgIpc) is 3.19. The van der Waals surface area contributed by atoms with Gasteiger partial charge >= 0.3 is 11.9 Å². The summed E-state index contributed by atoms with van der Waals surface area (Å²) >= 11 is 3.50. The Bertz CT molecular complexity index is 1010. The van der Waals surface area contributed by atoms with E-state index >= 15 is 0 Å². The quantitative estimate of drug-likeness (QED) is 0.101. The number of amides is 2. The van der Waals surface area contributed by atoms with E-state index in [9.17, 15) is 24.3 Å². The Hall–Kier alpha value is -1.34. The number of aromatic nitrogens is 4. The van der Waals surface area contributed by atoms with Crippen LogP contribution in [0.25, 0.3) is 0 Å². The van der Waals surface area contributed by atoms with Gasteiger partial charge in [0.2, 0.25) is 11.1 Å². The van der Waals surface area contributed by atoms with Gasteiger partial charge in [-0.2, -0.15) is 0 Å². The number of carbonyl (C=O) groups excluding carboxylic acids is 2. The van der Waals surface area contributed by atoms with Gasteiger partial charge in [0.15, 0.2) is 0 Å². The van der Waals surface area contributed by atoms with Gasteiger partial charge < -0.3 is 26.0 Å². The Balaban J connectivity index is 0.00000408. The number of nitrogens with zero attached hydrogens (tertiary/aromatic N) is 5. The zero-order valence-electron chi connectivity index (χ0n) is 18.5. The van der Waals surface area contributed by atoms with Crippen LogP contribution in [0, 0.1) is 0 Å². The molecule has 0 saturated carbocycles. The van der Waals surface area contributed by atoms with Crippen molar-refractivity contribution in [3.63, 3.8) is 0 Å². The summed E-state index contributed by atoms with van der Waals surface area (Å²) in [7, 11) is 2.91. The van der Waals surface area contributed by atoms with Crippen molar-refractivity contribution in [1.29, 1.82) is 0 Å². The number of β-lactam (4-membered cyclic amide) rings is 1. The number of thioether (sulfide) groups is 3. The van der Waals surface area contributed by atoms with E-state index in [0.29, 0.717) is 10.7 Å². The number of carbonyl (C=O) groups is 4. The zero-order chi connectivity index (χ0) is 24.3. The van der Waals surface area contributed by atoms with Gasteiger partial charge in [-0.3, -0.25) is 19.3 Å². The zero-order valence-corrected chi connectivity index (χ0v) is 22.9. The van der Waals surface area contributed by atoms with Crippen molar-refractivity contribution in [2.24, 2.45) is 12.8 Å². The summed E-state index contributed by atoms with van der Waals surface area (Å²) in [4.78, 5) is 49.3. The number of nitrogens with two attached hydrogens (primary N) is 1. The van der Waals surface area contributed by atoms with Gasteiger partial charge in [0.05, 0.1) is 5.75 Å². The van der Waals surface area contributed by atoms with Crippen LogP contribution in [-0.2, 0) is 31.0 Å². The summed E-state index contributed by atoms with van der Waals surface area (Å²) in [5.41, 5.74) is 4.05. The standard InChI is InChI=1S/C16H21N7O7S3.Na/c1-22-15(19-20-21-22)33-4-7-3-32-14-16(30-2,13(29)23(14)10(7)12(27)28)18-9(24)6-31-5-8(17)11(25)26;/h8,14H,3-6,17H2,1-2H3,(H,18,24)(H,25,26)(H,27,28);/t8-,14-,16+;/m1./s1. The number of fused-ring (bicyclic) bond motifs is 1. The number of aliphatic carboxylic acids is 2. The van der Waals surface area contributed by atoms with E-state index in [1.807, 2.05) is 0 Å². The Kier molecular flexibility index (Phi) is 10.3. The molecule has 0 aromatic carbocycles. The van der Waals surface area contributed by atoms with Crippen molar-refractivity contribution in [3.8, 4) is 0 Å². The first-order valence-corrected chi connectivity index (χ1v) is 12.5. The van der Waals surface area contributed by atoms with E-state index in [2.05, 4.69) is 20.8 Å². The van der Waals surface area contributed by atoms with Gasteiger partial charge in [0.1, 0.15) is 17.1 Å². The maximum absolute atomic E-state index is 13.0. The average molecular weight is 543 g/mol. The second kappa shape index (κ2) is 12.1. The van der Waals surface area contributed by atoms with Crippen molar-refractivity contribution in [2.45, 2.75) is 22.3 Å². The molecule has 1 radical (unpaired) electrons. The molecule has 1 aromatic rings. The maximum Gasteiger partial charge on any atom is 0.352 e. The largest absolute Gasteiger partial charge is 0.480 e. The van der Waals surface area contributed by atoms with Crippen molar-refractivity contribution in [1.82, 2.24) is 30.4 Å². The van der Waals surface area contributed by atoms with Gasteiger partial charge in [-0.15, -0.1) is 28.6 Å². The van der Waals surface area contributed by atoms with Gasteiger partial charge in [-0.25, -0.2) is 9.48 Å². The smallest absolute Gasteiger partial charge is 0.352 e. The maximum atomic E-state index is 13.0. The number of nitrogens with one attached hydrogen (secondary N) is 1. The summed E-state index contributed by atoms with van der Waals surface area (Å²) in [6.07, 6.45) is 0. The molecule has 2 aliphatic heterocycles. The predicted molar refractivity (Wildman–Crippen MR) is 124 cm³/mol. The molecule has 1 saturated heterocycles. The molecular weight excluding hydrogens is 521 g/mol. The summed E-state index contributed by atoms with van der Waals surface area (Å²) in [6, 6.07) is -1.12. The molecule has 181 valence electrons. The molecule has 0 aliphatic carbocycles. The van der Waals surface area contributed by atoms with Crippen LogP contribution >= 0.6 is 35.3 Å². The molecule has 0 unspecified atom stereocenters. The molecule has 18 heteroatoms. The number of tetrazole rings is 1. The molecule has 3 rings (SSSR count). The number of hydrogen-bond acceptors (Lipinski definition) is 12. The Morgan fingerprint density at radius 3 is 2.68 bits per heavy atom. The molecule has 0 spiro atoms. The van der Waals surface area contributed by atoms with Gasteiger partial charge in [-0.1, -0.05) is 11.8 Å². The number of rotatable bonds is 11. The number of carboxylic acids is 2. The van der Waals surface area contributed by atoms with Crippen molar-refractivity contribution >= 4 is 88.6 Å². The summed E-state index contributed by atoms with van der Waals surface area (Å²) in [5.74, 6) is -3.32. The molecule has 2 aliphatic rings. The van der Waals surface area contributed by atoms with E-state index in [1.165, 1.54) is 35.3 Å². The first-order chi connectivity index (χ1) is 15.6. The third-order valence-electron chi connectivity index (χ3n) is 4.76. The number of ether oxygens (including phenoxy) is 1. The van der Waals surface area contributed by atoms with Gasteiger partial charge in [0.25, 0.3) is 11.6 Å². The predicted octanol–water partition coefficient (Wildman–Crippen LogP) is -2.22. The fourth-order valence-corrected chi connectivity index (χ4v) is 6.34. The Morgan fingerprint density at radius 2 is 2.12 bits per heavy atom. The van der Waals surface area contributed by atoms with E-state index in [1.54, 1.807) is 7.05 Å². The monoisotopic (exact) mass is 542 g/mol. The molecule has 1 aromatic heterocycles. The van der Waals surface area contributed by atoms with E-state index in [4.69, 9.17) is 15.6 Å². The SMILES string of the molecule is CO[C@@]1(NC(=O)CSC[C@@H](N)C(=O)O)C(=O)N2C(C(=O)O)=C(CSc3nnnn3C)CS[C@@H]21.[Na]. The Morgan fingerprint density at radius 1 is 1.41 bits per heavy atom. The third-order valence-corrected chi connectivity index (χ3v) is 8.30. The van der Waals surface area contributed by atoms with Crippen molar-refractivity contribution < 1.29 is 34.1 Å². The molecule has 0 bridgehead atoms. The molecule has 5 N–H and O–H groups in total. The molecule has 34 heavy (non-hydrogen) atoms. The van der Waals surface area contributed by atoms with E-state index < -0.39 is 40.9 Å². The number of carboxylic acid groups (broad SMARTS) is 2. The summed E-state index contributed by atoms with van der Waals surface area (Å²) in [6.45, 7) is 0. The van der Waals surface area contributed by atoms with Crippen LogP contribution in [0.5, 0.6) is 0 Å². The Labute approximate surface area is 228 Å². The number of aryl methyl sites for hydroxylation is 1. The molecular formula is C16H21N7NaO7S3. The van der Waals surface area contributed by atoms with Crippen LogP contribution in [0.15, 0.2) is 16.4 Å². The van der Waals surface area contributed by atoms with Crippen LogP contribution < -0.4 is 11.1 Å². The van der Waals surface area contributed by atoms with E-state index in [0.717, 1.165) is 16.7 Å². The minimum absolute atomic E-state index is 0.